The molecule has 5 atom stereocenters. The Morgan fingerprint density at radius 2 is 1.96 bits per heavy atom. The third-order valence-corrected chi connectivity index (χ3v) is 4.59. The van der Waals surface area contributed by atoms with Crippen molar-refractivity contribution in [3.05, 3.63) is 12.7 Å². The van der Waals surface area contributed by atoms with Crippen LogP contribution in [-0.4, -0.2) is 58.9 Å². The number of hydrogen-bond acceptors (Lipinski definition) is 4. The highest BCUT2D eigenvalue weighted by atomic mass is 16.4. The first-order chi connectivity index (χ1) is 11.6. The molecule has 1 rings (SSSR count). The van der Waals surface area contributed by atoms with Crippen molar-refractivity contribution in [2.45, 2.75) is 44.8 Å². The molecule has 0 aromatic rings. The van der Waals surface area contributed by atoms with Crippen LogP contribution in [0.1, 0.15) is 26.7 Å². The molecule has 1 aliphatic carbocycles. The molecule has 0 aromatic heterocycles. The van der Waals surface area contributed by atoms with Crippen LogP contribution in [0, 0.1) is 11.8 Å². The number of carboxylic acids is 1. The Hall–Kier alpha value is -2.58. The summed E-state index contributed by atoms with van der Waals surface area (Å²) in [5.74, 6) is -3.07. The summed E-state index contributed by atoms with van der Waals surface area (Å²) in [6.45, 7) is 6.75. The maximum Gasteiger partial charge on any atom is 0.306 e. The van der Waals surface area contributed by atoms with Gasteiger partial charge in [0, 0.05) is 25.9 Å². The highest BCUT2D eigenvalue weighted by Gasteiger charge is 2.45. The van der Waals surface area contributed by atoms with Gasteiger partial charge in [0.1, 0.15) is 6.04 Å². The third-order valence-electron chi connectivity index (χ3n) is 4.59. The van der Waals surface area contributed by atoms with Gasteiger partial charge in [-0.2, -0.15) is 0 Å². The van der Waals surface area contributed by atoms with Crippen LogP contribution in [0.15, 0.2) is 17.6 Å². The van der Waals surface area contributed by atoms with Gasteiger partial charge in [0.15, 0.2) is 5.96 Å². The Bertz CT molecular complexity index is 573. The maximum absolute atomic E-state index is 12.9. The van der Waals surface area contributed by atoms with Crippen molar-refractivity contribution in [1.82, 2.24) is 10.2 Å². The van der Waals surface area contributed by atoms with Crippen molar-refractivity contribution in [1.29, 1.82) is 0 Å². The van der Waals surface area contributed by atoms with Crippen molar-refractivity contribution in [3.8, 4) is 0 Å². The van der Waals surface area contributed by atoms with Crippen LogP contribution >= 0.6 is 0 Å². The van der Waals surface area contributed by atoms with Gasteiger partial charge in [0.25, 0.3) is 0 Å². The molecule has 140 valence electrons. The number of carboxylic acid groups (broad SMARTS) is 1. The lowest BCUT2D eigenvalue weighted by atomic mass is 9.92. The minimum absolute atomic E-state index is 0.178. The van der Waals surface area contributed by atoms with Crippen molar-refractivity contribution in [2.75, 3.05) is 7.05 Å². The number of aliphatic imine (C=N–C) groups is 1. The first-order valence-electron chi connectivity index (χ1n) is 8.06. The molecule has 0 saturated heterocycles. The van der Waals surface area contributed by atoms with Gasteiger partial charge in [0.05, 0.1) is 12.0 Å². The predicted molar refractivity (Wildman–Crippen MR) is 93.5 cm³/mol. The van der Waals surface area contributed by atoms with E-state index in [0.29, 0.717) is 0 Å². The molecule has 9 nitrogen and oxygen atoms in total. The van der Waals surface area contributed by atoms with E-state index in [4.69, 9.17) is 11.5 Å². The molecule has 0 heterocycles. The fourth-order valence-corrected chi connectivity index (χ4v) is 3.10. The molecule has 1 fully saturated rings. The number of nitrogens with one attached hydrogen (secondary N) is 1. The predicted octanol–water partition coefficient (Wildman–Crippen LogP) is -0.723. The number of likely N-dealkylation sites (N-methyl/N-ethyl adjacent to an activating group) is 1. The number of hydrogen-bond donors (Lipinski definition) is 4. The molecule has 0 aliphatic heterocycles. The van der Waals surface area contributed by atoms with Gasteiger partial charge in [-0.05, 0) is 19.8 Å². The number of guanidine groups is 1. The third kappa shape index (κ3) is 5.20. The second-order valence-corrected chi connectivity index (χ2v) is 6.40. The van der Waals surface area contributed by atoms with Gasteiger partial charge in [-0.25, -0.2) is 4.99 Å². The summed E-state index contributed by atoms with van der Waals surface area (Å²) in [5.41, 5.74) is 10.9. The second kappa shape index (κ2) is 8.50. The summed E-state index contributed by atoms with van der Waals surface area (Å²) >= 11 is 0. The quantitative estimate of drug-likeness (QED) is 0.269. The van der Waals surface area contributed by atoms with E-state index in [2.05, 4.69) is 16.9 Å². The minimum Gasteiger partial charge on any atom is -0.481 e. The van der Waals surface area contributed by atoms with E-state index in [0.717, 1.165) is 0 Å². The number of amides is 2. The molecule has 9 heteroatoms. The molecular formula is C16H27N5O4. The Balaban J connectivity index is 3.19. The zero-order valence-electron chi connectivity index (χ0n) is 14.8. The second-order valence-electron chi connectivity index (χ2n) is 6.40. The van der Waals surface area contributed by atoms with Crippen molar-refractivity contribution >= 4 is 23.7 Å². The molecule has 25 heavy (non-hydrogen) atoms. The molecule has 1 saturated carbocycles. The smallest absolute Gasteiger partial charge is 0.306 e. The SMILES string of the molecule is C=CC(C)N(C)C(=O)C(NC(C)=O)[C@H]1CC(C(=O)O)C[C@@H]1N=C(N)N. The molecule has 2 amide bonds. The van der Waals surface area contributed by atoms with E-state index in [1.54, 1.807) is 20.0 Å². The summed E-state index contributed by atoms with van der Waals surface area (Å²) in [7, 11) is 1.60. The van der Waals surface area contributed by atoms with Crippen LogP contribution in [0.2, 0.25) is 0 Å². The Morgan fingerprint density at radius 1 is 1.36 bits per heavy atom. The lowest BCUT2D eigenvalue weighted by Crippen LogP contribution is -2.54. The summed E-state index contributed by atoms with van der Waals surface area (Å²) in [6.07, 6.45) is 2.01. The van der Waals surface area contributed by atoms with Crippen molar-refractivity contribution in [2.24, 2.45) is 28.3 Å². The first-order valence-corrected chi connectivity index (χ1v) is 8.06. The molecule has 6 N–H and O–H groups in total. The minimum atomic E-state index is -0.972. The van der Waals surface area contributed by atoms with E-state index in [-0.39, 0.29) is 36.7 Å². The number of nitrogens with zero attached hydrogens (tertiary/aromatic N) is 2. The van der Waals surface area contributed by atoms with Crippen LogP contribution in [0.25, 0.3) is 0 Å². The van der Waals surface area contributed by atoms with Gasteiger partial charge in [-0.15, -0.1) is 6.58 Å². The summed E-state index contributed by atoms with van der Waals surface area (Å²) in [6, 6.07) is -1.72. The Kier molecular flexibility index (Phi) is 6.96. The standard InChI is InChI=1S/C16H27N5O4/c1-5-8(2)21(4)14(23)13(19-9(3)22)11-6-10(15(24)25)7-12(11)20-16(17)18/h5,8,10-13H,1,6-7H2,2-4H3,(H,19,22)(H,24,25)(H4,17,18,20)/t8?,10?,11-,12-,13?/m0/s1. The van der Waals surface area contributed by atoms with E-state index < -0.39 is 29.9 Å². The molecule has 0 radical (unpaired) electrons. The molecule has 0 aromatic carbocycles. The van der Waals surface area contributed by atoms with Crippen LogP contribution in [0.5, 0.6) is 0 Å². The van der Waals surface area contributed by atoms with Crippen LogP contribution in [0.4, 0.5) is 0 Å². The van der Waals surface area contributed by atoms with Crippen molar-refractivity contribution in [3.63, 3.8) is 0 Å². The Morgan fingerprint density at radius 3 is 2.40 bits per heavy atom. The fraction of sp³-hybridized carbons (Fsp3) is 0.625. The maximum atomic E-state index is 12.9. The number of nitrogens with two attached hydrogens (primary N) is 2. The van der Waals surface area contributed by atoms with Gasteiger partial charge in [0.2, 0.25) is 11.8 Å². The van der Waals surface area contributed by atoms with E-state index in [1.165, 1.54) is 11.8 Å². The van der Waals surface area contributed by atoms with Gasteiger partial charge < -0.3 is 26.8 Å². The highest BCUT2D eigenvalue weighted by Crippen LogP contribution is 2.36. The zero-order valence-corrected chi connectivity index (χ0v) is 14.8. The van der Waals surface area contributed by atoms with Crippen molar-refractivity contribution < 1.29 is 19.5 Å². The number of carbonyl (C=O) groups is 3. The number of rotatable bonds is 7. The fourth-order valence-electron chi connectivity index (χ4n) is 3.10. The monoisotopic (exact) mass is 353 g/mol. The zero-order chi connectivity index (χ0) is 19.3. The van der Waals surface area contributed by atoms with E-state index in [9.17, 15) is 19.5 Å². The lowest BCUT2D eigenvalue weighted by molar-refractivity contribution is -0.142. The van der Waals surface area contributed by atoms with Crippen LogP contribution in [-0.2, 0) is 14.4 Å². The Labute approximate surface area is 147 Å². The molecule has 0 spiro atoms. The normalized spacial score (nSPS) is 24.7. The first kappa shape index (κ1) is 20.5. The molecule has 0 bridgehead atoms. The van der Waals surface area contributed by atoms with Gasteiger partial charge in [-0.1, -0.05) is 6.08 Å². The molecule has 3 unspecified atom stereocenters. The highest BCUT2D eigenvalue weighted by molar-refractivity contribution is 5.88. The topological polar surface area (TPSA) is 151 Å². The summed E-state index contributed by atoms with van der Waals surface area (Å²) < 4.78 is 0. The lowest BCUT2D eigenvalue weighted by Gasteiger charge is -2.32. The number of carbonyl (C=O) groups excluding carboxylic acids is 2. The van der Waals surface area contributed by atoms with E-state index in [1.807, 2.05) is 0 Å². The van der Waals surface area contributed by atoms with Gasteiger partial charge in [-0.3, -0.25) is 14.4 Å². The average molecular weight is 353 g/mol. The van der Waals surface area contributed by atoms with Gasteiger partial charge >= 0.3 is 5.97 Å². The summed E-state index contributed by atoms with van der Waals surface area (Å²) in [4.78, 5) is 41.4. The van der Waals surface area contributed by atoms with Crippen LogP contribution in [0.3, 0.4) is 0 Å². The van der Waals surface area contributed by atoms with Crippen LogP contribution < -0.4 is 16.8 Å². The largest absolute Gasteiger partial charge is 0.481 e. The summed E-state index contributed by atoms with van der Waals surface area (Å²) in [5, 5.41) is 11.9. The molecular weight excluding hydrogens is 326 g/mol. The van der Waals surface area contributed by atoms with E-state index >= 15 is 0 Å². The average Bonchev–Trinajstić information content (AvgIpc) is 2.93. The number of aliphatic carboxylic acids is 1. The molecule has 1 aliphatic rings.